The van der Waals surface area contributed by atoms with Crippen molar-refractivity contribution in [2.75, 3.05) is 11.5 Å². The minimum atomic E-state index is -3.19. The van der Waals surface area contributed by atoms with Gasteiger partial charge in [0.1, 0.15) is 0 Å². The number of carbonyl (C=O) groups is 1. The van der Waals surface area contributed by atoms with E-state index in [-0.39, 0.29) is 16.3 Å². The SMILES string of the molecule is Nc1cccc(C(=O)NC2C=CS(=O)(=O)C2)c1Cl. The van der Waals surface area contributed by atoms with Crippen LogP contribution in [0.3, 0.4) is 0 Å². The summed E-state index contributed by atoms with van der Waals surface area (Å²) in [4.78, 5) is 11.9. The standard InChI is InChI=1S/C11H11ClN2O3S/c12-10-8(2-1-3-9(10)13)11(15)14-7-4-5-18(16,17)6-7/h1-5,7H,6,13H2,(H,14,15). The van der Waals surface area contributed by atoms with Gasteiger partial charge in [-0.1, -0.05) is 17.7 Å². The fourth-order valence-corrected chi connectivity index (χ4v) is 3.08. The van der Waals surface area contributed by atoms with Crippen molar-refractivity contribution in [1.29, 1.82) is 0 Å². The predicted octanol–water partition coefficient (Wildman–Crippen LogP) is 0.963. The number of nitrogens with one attached hydrogen (secondary N) is 1. The van der Waals surface area contributed by atoms with E-state index in [9.17, 15) is 13.2 Å². The third-order valence-corrected chi connectivity index (χ3v) is 4.34. The Kier molecular flexibility index (Phi) is 3.32. The van der Waals surface area contributed by atoms with Crippen molar-refractivity contribution < 1.29 is 13.2 Å². The number of hydrogen-bond donors (Lipinski definition) is 2. The van der Waals surface area contributed by atoms with E-state index in [4.69, 9.17) is 17.3 Å². The molecule has 0 radical (unpaired) electrons. The fraction of sp³-hybridized carbons (Fsp3) is 0.182. The third-order valence-electron chi connectivity index (χ3n) is 2.52. The van der Waals surface area contributed by atoms with E-state index < -0.39 is 21.8 Å². The lowest BCUT2D eigenvalue weighted by atomic mass is 10.1. The van der Waals surface area contributed by atoms with E-state index in [1.807, 2.05) is 0 Å². The lowest BCUT2D eigenvalue weighted by molar-refractivity contribution is 0.0948. The van der Waals surface area contributed by atoms with Crippen molar-refractivity contribution in [3.8, 4) is 0 Å². The molecule has 5 nitrogen and oxygen atoms in total. The summed E-state index contributed by atoms with van der Waals surface area (Å²) in [6.45, 7) is 0. The summed E-state index contributed by atoms with van der Waals surface area (Å²) in [5.74, 6) is -0.572. The minimum absolute atomic E-state index is 0.126. The topological polar surface area (TPSA) is 89.3 Å². The summed E-state index contributed by atoms with van der Waals surface area (Å²) in [5.41, 5.74) is 6.12. The number of carbonyl (C=O) groups excluding carboxylic acids is 1. The normalized spacial score (nSPS) is 20.8. The number of benzene rings is 1. The molecule has 96 valence electrons. The molecule has 1 aliphatic rings. The molecule has 3 N–H and O–H groups in total. The molecule has 1 amide bonds. The molecule has 0 saturated heterocycles. The van der Waals surface area contributed by atoms with Gasteiger partial charge in [0.15, 0.2) is 9.84 Å². The number of nitrogen functional groups attached to an aromatic ring is 1. The van der Waals surface area contributed by atoms with Gasteiger partial charge in [0.25, 0.3) is 5.91 Å². The molecule has 0 saturated carbocycles. The van der Waals surface area contributed by atoms with Crippen LogP contribution in [0.4, 0.5) is 5.69 Å². The maximum Gasteiger partial charge on any atom is 0.253 e. The van der Waals surface area contributed by atoms with Gasteiger partial charge in [-0.2, -0.15) is 0 Å². The molecule has 1 aromatic rings. The van der Waals surface area contributed by atoms with Crippen LogP contribution >= 0.6 is 11.6 Å². The van der Waals surface area contributed by atoms with Crippen LogP contribution in [0.15, 0.2) is 29.7 Å². The molecule has 0 spiro atoms. The zero-order valence-electron chi connectivity index (χ0n) is 9.26. The molecule has 0 fully saturated rings. The highest BCUT2D eigenvalue weighted by Crippen LogP contribution is 2.23. The Morgan fingerprint density at radius 2 is 2.17 bits per heavy atom. The monoisotopic (exact) mass is 286 g/mol. The summed E-state index contributed by atoms with van der Waals surface area (Å²) in [6.07, 6.45) is 1.44. The van der Waals surface area contributed by atoms with Crippen LogP contribution in [-0.4, -0.2) is 26.1 Å². The van der Waals surface area contributed by atoms with Crippen LogP contribution in [-0.2, 0) is 9.84 Å². The first-order valence-corrected chi connectivity index (χ1v) is 7.24. The van der Waals surface area contributed by atoms with Gasteiger partial charge in [-0.15, -0.1) is 0 Å². The molecule has 1 unspecified atom stereocenters. The van der Waals surface area contributed by atoms with Gasteiger partial charge in [-0.3, -0.25) is 4.79 Å². The number of halogens is 1. The molecule has 1 heterocycles. The second-order valence-electron chi connectivity index (χ2n) is 3.95. The highest BCUT2D eigenvalue weighted by atomic mass is 35.5. The van der Waals surface area contributed by atoms with E-state index in [1.54, 1.807) is 12.1 Å². The quantitative estimate of drug-likeness (QED) is 0.793. The number of anilines is 1. The largest absolute Gasteiger partial charge is 0.398 e. The van der Waals surface area contributed by atoms with E-state index in [2.05, 4.69) is 5.32 Å². The predicted molar refractivity (Wildman–Crippen MR) is 70.0 cm³/mol. The van der Waals surface area contributed by atoms with Gasteiger partial charge in [-0.05, 0) is 18.2 Å². The maximum absolute atomic E-state index is 11.9. The molecule has 2 rings (SSSR count). The van der Waals surface area contributed by atoms with Crippen LogP contribution in [0.25, 0.3) is 0 Å². The molecule has 1 aromatic carbocycles. The van der Waals surface area contributed by atoms with E-state index in [0.29, 0.717) is 5.69 Å². The molecule has 1 atom stereocenters. The van der Waals surface area contributed by atoms with E-state index >= 15 is 0 Å². The highest BCUT2D eigenvalue weighted by molar-refractivity contribution is 7.94. The Bertz CT molecular complexity index is 625. The van der Waals surface area contributed by atoms with Crippen molar-refractivity contribution in [3.63, 3.8) is 0 Å². The number of amides is 1. The van der Waals surface area contributed by atoms with Crippen LogP contribution in [0.1, 0.15) is 10.4 Å². The molecular formula is C11H11ClN2O3S. The van der Waals surface area contributed by atoms with Gasteiger partial charge in [0.2, 0.25) is 0 Å². The third kappa shape index (κ3) is 2.65. The number of nitrogens with two attached hydrogens (primary N) is 1. The number of sulfone groups is 1. The molecule has 0 bridgehead atoms. The van der Waals surface area contributed by atoms with Crippen LogP contribution in [0, 0.1) is 0 Å². The summed E-state index contributed by atoms with van der Waals surface area (Å²) in [5, 5.41) is 3.84. The van der Waals surface area contributed by atoms with Gasteiger partial charge < -0.3 is 11.1 Å². The zero-order valence-corrected chi connectivity index (χ0v) is 10.8. The molecular weight excluding hydrogens is 276 g/mol. The Balaban J connectivity index is 2.14. The van der Waals surface area contributed by atoms with Crippen molar-refractivity contribution in [2.24, 2.45) is 0 Å². The first-order chi connectivity index (χ1) is 8.39. The average molecular weight is 287 g/mol. The lowest BCUT2D eigenvalue weighted by Crippen LogP contribution is -2.35. The van der Waals surface area contributed by atoms with Gasteiger partial charge >= 0.3 is 0 Å². The van der Waals surface area contributed by atoms with Crippen LogP contribution < -0.4 is 11.1 Å². The fourth-order valence-electron chi connectivity index (χ4n) is 1.64. The van der Waals surface area contributed by atoms with Crippen molar-refractivity contribution >= 4 is 33.0 Å². The van der Waals surface area contributed by atoms with Gasteiger partial charge in [-0.25, -0.2) is 8.42 Å². The lowest BCUT2D eigenvalue weighted by Gasteiger charge is -2.11. The second-order valence-corrected chi connectivity index (χ2v) is 6.26. The zero-order chi connectivity index (χ0) is 13.3. The molecule has 0 aliphatic carbocycles. The smallest absolute Gasteiger partial charge is 0.253 e. The highest BCUT2D eigenvalue weighted by Gasteiger charge is 2.24. The number of rotatable bonds is 2. The molecule has 1 aliphatic heterocycles. The van der Waals surface area contributed by atoms with Crippen LogP contribution in [0.2, 0.25) is 5.02 Å². The Morgan fingerprint density at radius 1 is 1.44 bits per heavy atom. The van der Waals surface area contributed by atoms with Crippen molar-refractivity contribution in [1.82, 2.24) is 5.32 Å². The summed E-state index contributed by atoms with van der Waals surface area (Å²) in [6, 6.07) is 4.19. The first-order valence-electron chi connectivity index (χ1n) is 5.15. The summed E-state index contributed by atoms with van der Waals surface area (Å²) in [7, 11) is -3.19. The Labute approximate surface area is 110 Å². The first kappa shape index (κ1) is 12.9. The van der Waals surface area contributed by atoms with Gasteiger partial charge in [0, 0.05) is 5.41 Å². The molecule has 0 aromatic heterocycles. The average Bonchev–Trinajstić information content (AvgIpc) is 2.62. The van der Waals surface area contributed by atoms with E-state index in [1.165, 1.54) is 12.1 Å². The summed E-state index contributed by atoms with van der Waals surface area (Å²) >= 11 is 5.91. The second kappa shape index (κ2) is 4.62. The molecule has 7 heteroatoms. The van der Waals surface area contributed by atoms with Crippen LogP contribution in [0.5, 0.6) is 0 Å². The van der Waals surface area contributed by atoms with E-state index in [0.717, 1.165) is 5.41 Å². The Morgan fingerprint density at radius 3 is 2.78 bits per heavy atom. The number of hydrogen-bond acceptors (Lipinski definition) is 4. The maximum atomic E-state index is 11.9. The van der Waals surface area contributed by atoms with Gasteiger partial charge in [0.05, 0.1) is 28.1 Å². The Hall–Kier alpha value is -1.53. The van der Waals surface area contributed by atoms with Crippen molar-refractivity contribution in [2.45, 2.75) is 6.04 Å². The van der Waals surface area contributed by atoms with Crippen molar-refractivity contribution in [3.05, 3.63) is 40.3 Å². The molecule has 18 heavy (non-hydrogen) atoms. The minimum Gasteiger partial charge on any atom is -0.398 e. The summed E-state index contributed by atoms with van der Waals surface area (Å²) < 4.78 is 22.4.